The molecule has 0 spiro atoms. The maximum Gasteiger partial charge on any atom is 0.311 e. The lowest BCUT2D eigenvalue weighted by Crippen LogP contribution is -2.25. The van der Waals surface area contributed by atoms with Gasteiger partial charge in [-0.1, -0.05) is 32.6 Å². The van der Waals surface area contributed by atoms with Gasteiger partial charge in [-0.2, -0.15) is 0 Å². The van der Waals surface area contributed by atoms with Crippen LogP contribution in [-0.4, -0.2) is 13.1 Å². The third kappa shape index (κ3) is 4.91. The minimum absolute atomic E-state index is 0.0935. The average Bonchev–Trinajstić information content (AvgIpc) is 2.11. The number of carbonyl (C=O) groups excluding carboxylic acids is 1. The summed E-state index contributed by atoms with van der Waals surface area (Å²) in [6.07, 6.45) is 5.77. The maximum atomic E-state index is 11.3. The molecule has 0 N–H and O–H groups in total. The molecule has 0 saturated carbocycles. The van der Waals surface area contributed by atoms with Crippen LogP contribution in [0.15, 0.2) is 0 Å². The van der Waals surface area contributed by atoms with Crippen LogP contribution in [0.3, 0.4) is 0 Å². The Kier molecular flexibility index (Phi) is 5.76. The summed E-state index contributed by atoms with van der Waals surface area (Å²) < 4.78 is 4.73. The Morgan fingerprint density at radius 3 is 2.31 bits per heavy atom. The van der Waals surface area contributed by atoms with Crippen molar-refractivity contribution < 1.29 is 9.53 Å². The zero-order valence-electron chi connectivity index (χ0n) is 9.35. The van der Waals surface area contributed by atoms with Crippen LogP contribution in [0.4, 0.5) is 0 Å². The number of unbranched alkanes of at least 4 members (excludes halogenated alkanes) is 3. The molecule has 0 unspecified atom stereocenters. The van der Waals surface area contributed by atoms with Crippen molar-refractivity contribution in [3.8, 4) is 0 Å². The number of methoxy groups -OCH3 is 1. The molecule has 0 aliphatic heterocycles. The SMILES string of the molecule is CCCCCCC(C)(C)C(=O)OC. The first-order chi connectivity index (χ1) is 6.04. The monoisotopic (exact) mass is 186 g/mol. The van der Waals surface area contributed by atoms with Gasteiger partial charge < -0.3 is 4.74 Å². The fourth-order valence-corrected chi connectivity index (χ4v) is 1.37. The predicted molar refractivity (Wildman–Crippen MR) is 54.6 cm³/mol. The Balaban J connectivity index is 3.69. The van der Waals surface area contributed by atoms with E-state index in [1.165, 1.54) is 26.4 Å². The van der Waals surface area contributed by atoms with Gasteiger partial charge in [0, 0.05) is 0 Å². The lowest BCUT2D eigenvalue weighted by molar-refractivity contribution is -0.151. The molecule has 2 nitrogen and oxygen atoms in total. The Morgan fingerprint density at radius 1 is 1.23 bits per heavy atom. The molecule has 0 rings (SSSR count). The minimum atomic E-state index is -0.303. The first-order valence-electron chi connectivity index (χ1n) is 5.13. The average molecular weight is 186 g/mol. The maximum absolute atomic E-state index is 11.3. The van der Waals surface area contributed by atoms with Crippen LogP contribution < -0.4 is 0 Å². The highest BCUT2D eigenvalue weighted by Crippen LogP contribution is 2.25. The lowest BCUT2D eigenvalue weighted by atomic mass is 9.87. The normalized spacial score (nSPS) is 11.4. The van der Waals surface area contributed by atoms with Gasteiger partial charge in [0.1, 0.15) is 0 Å². The van der Waals surface area contributed by atoms with Crippen LogP contribution in [0.2, 0.25) is 0 Å². The van der Waals surface area contributed by atoms with E-state index in [1.807, 2.05) is 13.8 Å². The number of ether oxygens (including phenoxy) is 1. The van der Waals surface area contributed by atoms with E-state index in [4.69, 9.17) is 4.74 Å². The molecule has 0 bridgehead atoms. The lowest BCUT2D eigenvalue weighted by Gasteiger charge is -2.20. The summed E-state index contributed by atoms with van der Waals surface area (Å²) in [6, 6.07) is 0. The molecule has 0 aromatic carbocycles. The van der Waals surface area contributed by atoms with Gasteiger partial charge in [0.2, 0.25) is 0 Å². The van der Waals surface area contributed by atoms with E-state index < -0.39 is 0 Å². The fourth-order valence-electron chi connectivity index (χ4n) is 1.37. The van der Waals surface area contributed by atoms with Crippen LogP contribution in [0.1, 0.15) is 52.9 Å². The number of rotatable bonds is 6. The molecule has 0 fully saturated rings. The Hall–Kier alpha value is -0.530. The van der Waals surface area contributed by atoms with Gasteiger partial charge in [0.05, 0.1) is 12.5 Å². The minimum Gasteiger partial charge on any atom is -0.469 e. The molecular weight excluding hydrogens is 164 g/mol. The fraction of sp³-hybridized carbons (Fsp3) is 0.909. The molecule has 0 heterocycles. The van der Waals surface area contributed by atoms with Gasteiger partial charge in [-0.25, -0.2) is 0 Å². The van der Waals surface area contributed by atoms with Crippen molar-refractivity contribution in [1.82, 2.24) is 0 Å². The first-order valence-corrected chi connectivity index (χ1v) is 5.13. The molecule has 0 aromatic rings. The van der Waals surface area contributed by atoms with Crippen LogP contribution in [0, 0.1) is 5.41 Å². The number of esters is 1. The number of carbonyl (C=O) groups is 1. The molecule has 0 radical (unpaired) electrons. The van der Waals surface area contributed by atoms with Gasteiger partial charge in [-0.05, 0) is 20.3 Å². The molecule has 0 aliphatic rings. The highest BCUT2D eigenvalue weighted by atomic mass is 16.5. The first kappa shape index (κ1) is 12.5. The molecule has 0 amide bonds. The van der Waals surface area contributed by atoms with E-state index in [1.54, 1.807) is 0 Å². The predicted octanol–water partition coefficient (Wildman–Crippen LogP) is 3.16. The second kappa shape index (κ2) is 6.01. The van der Waals surface area contributed by atoms with Crippen LogP contribution in [-0.2, 0) is 9.53 Å². The van der Waals surface area contributed by atoms with Crippen molar-refractivity contribution in [3.05, 3.63) is 0 Å². The van der Waals surface area contributed by atoms with E-state index in [0.717, 1.165) is 12.8 Å². The summed E-state index contributed by atoms with van der Waals surface area (Å²) in [5.74, 6) is -0.0935. The van der Waals surface area contributed by atoms with Crippen LogP contribution in [0.5, 0.6) is 0 Å². The van der Waals surface area contributed by atoms with Crippen LogP contribution >= 0.6 is 0 Å². The summed E-state index contributed by atoms with van der Waals surface area (Å²) in [5, 5.41) is 0. The molecule has 0 aliphatic carbocycles. The Labute approximate surface area is 81.7 Å². The highest BCUT2D eigenvalue weighted by Gasteiger charge is 2.27. The van der Waals surface area contributed by atoms with Crippen molar-refractivity contribution in [2.24, 2.45) is 5.41 Å². The number of hydrogen-bond acceptors (Lipinski definition) is 2. The summed E-state index contributed by atoms with van der Waals surface area (Å²) >= 11 is 0. The van der Waals surface area contributed by atoms with E-state index in [0.29, 0.717) is 0 Å². The molecular formula is C11H22O2. The van der Waals surface area contributed by atoms with Crippen molar-refractivity contribution in [2.45, 2.75) is 52.9 Å². The van der Waals surface area contributed by atoms with Gasteiger partial charge >= 0.3 is 5.97 Å². The zero-order chi connectivity index (χ0) is 10.3. The van der Waals surface area contributed by atoms with E-state index in [2.05, 4.69) is 6.92 Å². The third-order valence-electron chi connectivity index (χ3n) is 2.39. The van der Waals surface area contributed by atoms with Crippen molar-refractivity contribution in [3.63, 3.8) is 0 Å². The van der Waals surface area contributed by atoms with Crippen molar-refractivity contribution in [2.75, 3.05) is 7.11 Å². The van der Waals surface area contributed by atoms with E-state index in [9.17, 15) is 4.79 Å². The smallest absolute Gasteiger partial charge is 0.311 e. The van der Waals surface area contributed by atoms with Gasteiger partial charge in [-0.15, -0.1) is 0 Å². The van der Waals surface area contributed by atoms with Gasteiger partial charge in [0.25, 0.3) is 0 Å². The molecule has 2 heteroatoms. The largest absolute Gasteiger partial charge is 0.469 e. The van der Waals surface area contributed by atoms with Gasteiger partial charge in [-0.3, -0.25) is 4.79 Å². The summed E-state index contributed by atoms with van der Waals surface area (Å²) in [6.45, 7) is 6.08. The molecule has 0 atom stereocenters. The molecule has 0 saturated heterocycles. The standard InChI is InChI=1S/C11H22O2/c1-5-6-7-8-9-11(2,3)10(12)13-4/h5-9H2,1-4H3. The second-order valence-electron chi connectivity index (χ2n) is 4.19. The third-order valence-corrected chi connectivity index (χ3v) is 2.39. The summed E-state index contributed by atoms with van der Waals surface area (Å²) in [5.41, 5.74) is -0.303. The van der Waals surface area contributed by atoms with Crippen LogP contribution in [0.25, 0.3) is 0 Å². The quantitative estimate of drug-likeness (QED) is 0.470. The van der Waals surface area contributed by atoms with E-state index in [-0.39, 0.29) is 11.4 Å². The summed E-state index contributed by atoms with van der Waals surface area (Å²) in [4.78, 5) is 11.3. The molecule has 78 valence electrons. The van der Waals surface area contributed by atoms with Crippen molar-refractivity contribution >= 4 is 5.97 Å². The molecule has 13 heavy (non-hydrogen) atoms. The second-order valence-corrected chi connectivity index (χ2v) is 4.19. The highest BCUT2D eigenvalue weighted by molar-refractivity contribution is 5.75. The van der Waals surface area contributed by atoms with E-state index >= 15 is 0 Å². The van der Waals surface area contributed by atoms with Gasteiger partial charge in [0.15, 0.2) is 0 Å². The Bertz CT molecular complexity index is 150. The summed E-state index contributed by atoms with van der Waals surface area (Å²) in [7, 11) is 1.45. The Morgan fingerprint density at radius 2 is 1.85 bits per heavy atom. The number of hydrogen-bond donors (Lipinski definition) is 0. The topological polar surface area (TPSA) is 26.3 Å². The molecule has 0 aromatic heterocycles. The zero-order valence-corrected chi connectivity index (χ0v) is 9.35. The van der Waals surface area contributed by atoms with Crippen molar-refractivity contribution in [1.29, 1.82) is 0 Å².